The molecule has 2 aromatic carbocycles. The van der Waals surface area contributed by atoms with Gasteiger partial charge in [-0.2, -0.15) is 0 Å². The molecule has 0 fully saturated rings. The number of amides is 2. The third-order valence-corrected chi connectivity index (χ3v) is 4.61. The Morgan fingerprint density at radius 1 is 0.963 bits per heavy atom. The van der Waals surface area contributed by atoms with Gasteiger partial charge in [-0.3, -0.25) is 9.59 Å². The van der Waals surface area contributed by atoms with E-state index in [-0.39, 0.29) is 30.3 Å². The van der Waals surface area contributed by atoms with E-state index < -0.39 is 21.6 Å². The zero-order valence-corrected chi connectivity index (χ0v) is 15.9. The molecule has 0 bridgehead atoms. The van der Waals surface area contributed by atoms with Crippen LogP contribution in [-0.4, -0.2) is 39.6 Å². The van der Waals surface area contributed by atoms with Crippen molar-refractivity contribution in [3.8, 4) is 0 Å². The zero-order valence-electron chi connectivity index (χ0n) is 15.1. The molecule has 0 unspecified atom stereocenters. The van der Waals surface area contributed by atoms with Crippen LogP contribution in [0.15, 0.2) is 42.5 Å². The normalized spacial score (nSPS) is 11.1. The largest absolute Gasteiger partial charge is 0.350 e. The van der Waals surface area contributed by atoms with Crippen molar-refractivity contribution in [3.63, 3.8) is 0 Å². The van der Waals surface area contributed by atoms with Gasteiger partial charge in [-0.15, -0.1) is 0 Å². The Kier molecular flexibility index (Phi) is 6.68. The van der Waals surface area contributed by atoms with Gasteiger partial charge in [0.25, 0.3) is 11.8 Å². The Labute approximate surface area is 157 Å². The molecule has 0 saturated heterocycles. The van der Waals surface area contributed by atoms with Gasteiger partial charge in [0.05, 0.1) is 5.75 Å². The molecule has 6 nitrogen and oxygen atoms in total. The first-order valence-electron chi connectivity index (χ1n) is 8.25. The van der Waals surface area contributed by atoms with Crippen molar-refractivity contribution in [2.24, 2.45) is 0 Å². The second kappa shape index (κ2) is 8.77. The second-order valence-corrected chi connectivity index (χ2v) is 8.39. The fourth-order valence-electron chi connectivity index (χ4n) is 2.40. The molecule has 2 rings (SSSR count). The summed E-state index contributed by atoms with van der Waals surface area (Å²) in [5, 5.41) is 5.23. The third kappa shape index (κ3) is 6.49. The monoisotopic (exact) mass is 392 g/mol. The quantitative estimate of drug-likeness (QED) is 0.704. The number of benzene rings is 2. The van der Waals surface area contributed by atoms with Gasteiger partial charge in [0.15, 0.2) is 9.84 Å². The van der Waals surface area contributed by atoms with Crippen molar-refractivity contribution in [1.29, 1.82) is 0 Å². The lowest BCUT2D eigenvalue weighted by Gasteiger charge is -2.09. The molecule has 27 heavy (non-hydrogen) atoms. The number of halogens is 1. The van der Waals surface area contributed by atoms with Crippen LogP contribution in [0.3, 0.4) is 0 Å². The van der Waals surface area contributed by atoms with Gasteiger partial charge in [0.2, 0.25) is 0 Å². The summed E-state index contributed by atoms with van der Waals surface area (Å²) in [4.78, 5) is 24.1. The van der Waals surface area contributed by atoms with Crippen molar-refractivity contribution in [3.05, 3.63) is 70.5 Å². The Hall–Kier alpha value is -2.74. The molecule has 0 atom stereocenters. The number of carbonyl (C=O) groups is 2. The summed E-state index contributed by atoms with van der Waals surface area (Å²) < 4.78 is 36.2. The molecule has 2 aromatic rings. The number of hydrogen-bond acceptors (Lipinski definition) is 4. The van der Waals surface area contributed by atoms with Crippen molar-refractivity contribution in [2.45, 2.75) is 12.7 Å². The van der Waals surface area contributed by atoms with E-state index in [0.29, 0.717) is 16.7 Å². The highest BCUT2D eigenvalue weighted by molar-refractivity contribution is 7.89. The SMILES string of the molecule is Cc1ccc(C(=O)NCCNC(=O)c2cccc(CS(C)(=O)=O)c2)cc1F. The third-order valence-electron chi connectivity index (χ3n) is 3.75. The lowest BCUT2D eigenvalue weighted by molar-refractivity contribution is 0.0927. The molecule has 0 aliphatic carbocycles. The van der Waals surface area contributed by atoms with E-state index in [4.69, 9.17) is 0 Å². The zero-order chi connectivity index (χ0) is 20.0. The van der Waals surface area contributed by atoms with Gasteiger partial charge in [0.1, 0.15) is 5.82 Å². The molecular weight excluding hydrogens is 371 g/mol. The Morgan fingerprint density at radius 2 is 1.56 bits per heavy atom. The number of aryl methyl sites for hydroxylation is 1. The van der Waals surface area contributed by atoms with Crippen LogP contribution < -0.4 is 10.6 Å². The van der Waals surface area contributed by atoms with E-state index in [0.717, 1.165) is 12.3 Å². The Balaban J connectivity index is 1.84. The Bertz CT molecular complexity index is 958. The van der Waals surface area contributed by atoms with E-state index in [9.17, 15) is 22.4 Å². The molecule has 8 heteroatoms. The average Bonchev–Trinajstić information content (AvgIpc) is 2.59. The minimum absolute atomic E-state index is 0.142. The maximum Gasteiger partial charge on any atom is 0.251 e. The van der Waals surface area contributed by atoms with E-state index in [1.165, 1.54) is 18.2 Å². The molecule has 0 saturated carbocycles. The summed E-state index contributed by atoms with van der Waals surface area (Å²) >= 11 is 0. The van der Waals surface area contributed by atoms with Gasteiger partial charge >= 0.3 is 0 Å². The number of rotatable bonds is 7. The van der Waals surface area contributed by atoms with Crippen molar-refractivity contribution < 1.29 is 22.4 Å². The summed E-state index contributed by atoms with van der Waals surface area (Å²) in [6.45, 7) is 1.95. The first kappa shape index (κ1) is 20.6. The topological polar surface area (TPSA) is 92.3 Å². The first-order chi connectivity index (χ1) is 12.7. The van der Waals surface area contributed by atoms with Gasteiger partial charge in [0, 0.05) is 30.5 Å². The fourth-order valence-corrected chi connectivity index (χ4v) is 3.18. The maximum atomic E-state index is 13.5. The average molecular weight is 392 g/mol. The molecule has 0 radical (unpaired) electrons. The molecular formula is C19H21FN2O4S. The number of carbonyl (C=O) groups excluding carboxylic acids is 2. The minimum Gasteiger partial charge on any atom is -0.350 e. The van der Waals surface area contributed by atoms with Crippen LogP contribution in [0.1, 0.15) is 31.8 Å². The van der Waals surface area contributed by atoms with Gasteiger partial charge < -0.3 is 10.6 Å². The van der Waals surface area contributed by atoms with Gasteiger partial charge in [-0.25, -0.2) is 12.8 Å². The lowest BCUT2D eigenvalue weighted by Crippen LogP contribution is -2.34. The highest BCUT2D eigenvalue weighted by atomic mass is 32.2. The molecule has 0 aliphatic heterocycles. The summed E-state index contributed by atoms with van der Waals surface area (Å²) in [6, 6.07) is 10.6. The summed E-state index contributed by atoms with van der Waals surface area (Å²) in [5.41, 5.74) is 1.53. The van der Waals surface area contributed by atoms with Crippen LogP contribution in [-0.2, 0) is 15.6 Å². The van der Waals surface area contributed by atoms with Crippen molar-refractivity contribution in [2.75, 3.05) is 19.3 Å². The van der Waals surface area contributed by atoms with Crippen molar-refractivity contribution in [1.82, 2.24) is 10.6 Å². The van der Waals surface area contributed by atoms with Crippen LogP contribution in [0.25, 0.3) is 0 Å². The van der Waals surface area contributed by atoms with Crippen LogP contribution in [0.2, 0.25) is 0 Å². The predicted octanol–water partition coefficient (Wildman–Crippen LogP) is 1.84. The van der Waals surface area contributed by atoms with Crippen LogP contribution >= 0.6 is 0 Å². The molecule has 2 amide bonds. The van der Waals surface area contributed by atoms with Crippen LogP contribution in [0, 0.1) is 12.7 Å². The predicted molar refractivity (Wildman–Crippen MR) is 101 cm³/mol. The van der Waals surface area contributed by atoms with E-state index in [2.05, 4.69) is 10.6 Å². The van der Waals surface area contributed by atoms with Crippen LogP contribution in [0.4, 0.5) is 4.39 Å². The first-order valence-corrected chi connectivity index (χ1v) is 10.3. The molecule has 0 aliphatic rings. The highest BCUT2D eigenvalue weighted by Crippen LogP contribution is 2.10. The van der Waals surface area contributed by atoms with Gasteiger partial charge in [-0.1, -0.05) is 18.2 Å². The standard InChI is InChI=1S/C19H21FN2O4S/c1-13-6-7-16(11-17(13)20)19(24)22-9-8-21-18(23)15-5-3-4-14(10-15)12-27(2,25)26/h3-7,10-11H,8-9,12H2,1-2H3,(H,21,23)(H,22,24). The second-order valence-electron chi connectivity index (χ2n) is 6.25. The van der Waals surface area contributed by atoms with E-state index >= 15 is 0 Å². The van der Waals surface area contributed by atoms with Gasteiger partial charge in [-0.05, 0) is 42.3 Å². The van der Waals surface area contributed by atoms with Crippen LogP contribution in [0.5, 0.6) is 0 Å². The summed E-state index contributed by atoms with van der Waals surface area (Å²) in [6.07, 6.45) is 1.13. The number of sulfone groups is 1. The molecule has 144 valence electrons. The Morgan fingerprint density at radius 3 is 2.11 bits per heavy atom. The molecule has 2 N–H and O–H groups in total. The fraction of sp³-hybridized carbons (Fsp3) is 0.263. The van der Waals surface area contributed by atoms with E-state index in [1.54, 1.807) is 25.1 Å². The number of hydrogen-bond donors (Lipinski definition) is 2. The summed E-state index contributed by atoms with van der Waals surface area (Å²) in [5.74, 6) is -1.40. The minimum atomic E-state index is -3.19. The van der Waals surface area contributed by atoms with E-state index in [1.807, 2.05) is 0 Å². The number of nitrogens with one attached hydrogen (secondary N) is 2. The molecule has 0 heterocycles. The molecule has 0 spiro atoms. The van der Waals surface area contributed by atoms with Crippen molar-refractivity contribution >= 4 is 21.7 Å². The molecule has 0 aromatic heterocycles. The highest BCUT2D eigenvalue weighted by Gasteiger charge is 2.10. The maximum absolute atomic E-state index is 13.5. The lowest BCUT2D eigenvalue weighted by atomic mass is 10.1. The summed E-state index contributed by atoms with van der Waals surface area (Å²) in [7, 11) is -3.19. The smallest absolute Gasteiger partial charge is 0.251 e.